The molecule has 0 spiro atoms. The lowest BCUT2D eigenvalue weighted by molar-refractivity contribution is 0.0952. The van der Waals surface area contributed by atoms with Gasteiger partial charge in [-0.1, -0.05) is 18.7 Å². The Bertz CT molecular complexity index is 1020. The van der Waals surface area contributed by atoms with Gasteiger partial charge in [-0.3, -0.25) is 4.79 Å². The third-order valence-corrected chi connectivity index (χ3v) is 5.74. The van der Waals surface area contributed by atoms with Crippen molar-refractivity contribution in [1.29, 1.82) is 0 Å². The van der Waals surface area contributed by atoms with Gasteiger partial charge in [0.15, 0.2) is 10.8 Å². The van der Waals surface area contributed by atoms with Crippen LogP contribution in [0.1, 0.15) is 37.6 Å². The second-order valence-electron chi connectivity index (χ2n) is 7.15. The van der Waals surface area contributed by atoms with Crippen molar-refractivity contribution < 1.29 is 14.3 Å². The van der Waals surface area contributed by atoms with Crippen LogP contribution >= 0.6 is 11.8 Å². The van der Waals surface area contributed by atoms with Gasteiger partial charge in [0.25, 0.3) is 5.91 Å². The number of hydrogen-bond acceptors (Lipinski definition) is 8. The van der Waals surface area contributed by atoms with Crippen molar-refractivity contribution >= 4 is 34.5 Å². The second kappa shape index (κ2) is 13.0. The summed E-state index contributed by atoms with van der Waals surface area (Å²) in [6, 6.07) is 7.11. The maximum atomic E-state index is 12.5. The molecule has 33 heavy (non-hydrogen) atoms. The first-order valence-corrected chi connectivity index (χ1v) is 12.3. The molecule has 9 nitrogen and oxygen atoms in total. The summed E-state index contributed by atoms with van der Waals surface area (Å²) in [6.07, 6.45) is 2.80. The molecule has 0 unspecified atom stereocenters. The number of ether oxygens (including phenoxy) is 2. The highest BCUT2D eigenvalue weighted by Gasteiger charge is 2.14. The Morgan fingerprint density at radius 3 is 2.64 bits per heavy atom. The number of amides is 1. The minimum atomic E-state index is -0.137. The van der Waals surface area contributed by atoms with Crippen LogP contribution in [-0.4, -0.2) is 64.3 Å². The van der Waals surface area contributed by atoms with Crippen molar-refractivity contribution in [3.63, 3.8) is 0 Å². The SMILES string of the molecule is CCCSc1nc(NCCOCC)c2cnn(CCNC(=O)c3ccc(OCC)cc3)c2n1. The maximum Gasteiger partial charge on any atom is 0.251 e. The highest BCUT2D eigenvalue weighted by atomic mass is 32.2. The lowest BCUT2D eigenvalue weighted by Gasteiger charge is -2.10. The summed E-state index contributed by atoms with van der Waals surface area (Å²) in [5.41, 5.74) is 1.34. The van der Waals surface area contributed by atoms with E-state index in [1.165, 1.54) is 0 Å². The minimum Gasteiger partial charge on any atom is -0.494 e. The molecule has 0 atom stereocenters. The van der Waals surface area contributed by atoms with Crippen molar-refractivity contribution in [3.8, 4) is 5.75 Å². The molecule has 0 saturated carbocycles. The molecule has 1 amide bonds. The van der Waals surface area contributed by atoms with Gasteiger partial charge in [0.1, 0.15) is 11.6 Å². The Labute approximate surface area is 198 Å². The first kappa shape index (κ1) is 24.8. The van der Waals surface area contributed by atoms with Gasteiger partial charge in [-0.05, 0) is 44.5 Å². The van der Waals surface area contributed by atoms with Crippen molar-refractivity contribution in [3.05, 3.63) is 36.0 Å². The van der Waals surface area contributed by atoms with Gasteiger partial charge in [0.2, 0.25) is 0 Å². The highest BCUT2D eigenvalue weighted by molar-refractivity contribution is 7.99. The zero-order valence-corrected chi connectivity index (χ0v) is 20.3. The Morgan fingerprint density at radius 2 is 1.91 bits per heavy atom. The van der Waals surface area contributed by atoms with Gasteiger partial charge in [0, 0.05) is 31.0 Å². The molecule has 10 heteroatoms. The van der Waals surface area contributed by atoms with E-state index in [9.17, 15) is 4.79 Å². The Morgan fingerprint density at radius 1 is 1.09 bits per heavy atom. The highest BCUT2D eigenvalue weighted by Crippen LogP contribution is 2.24. The topological polar surface area (TPSA) is 103 Å². The molecule has 3 rings (SSSR count). The predicted octanol–water partition coefficient (Wildman–Crippen LogP) is 3.61. The van der Waals surface area contributed by atoms with Crippen LogP contribution in [0.25, 0.3) is 11.0 Å². The number of rotatable bonds is 14. The zero-order chi connectivity index (χ0) is 23.5. The van der Waals surface area contributed by atoms with E-state index in [1.807, 2.05) is 13.8 Å². The van der Waals surface area contributed by atoms with Gasteiger partial charge in [-0.2, -0.15) is 5.10 Å². The number of anilines is 1. The average molecular weight is 473 g/mol. The summed E-state index contributed by atoms with van der Waals surface area (Å²) in [6.45, 7) is 9.48. The predicted molar refractivity (Wildman–Crippen MR) is 131 cm³/mol. The summed E-state index contributed by atoms with van der Waals surface area (Å²) in [7, 11) is 0. The van der Waals surface area contributed by atoms with Crippen molar-refractivity contribution in [1.82, 2.24) is 25.1 Å². The number of carbonyl (C=O) groups is 1. The molecule has 0 aliphatic rings. The van der Waals surface area contributed by atoms with E-state index in [4.69, 9.17) is 14.5 Å². The number of hydrogen-bond donors (Lipinski definition) is 2. The molecule has 1 aromatic carbocycles. The number of carbonyl (C=O) groups excluding carboxylic acids is 1. The molecule has 0 radical (unpaired) electrons. The van der Waals surface area contributed by atoms with E-state index < -0.39 is 0 Å². The van der Waals surface area contributed by atoms with Crippen LogP contribution in [0, 0.1) is 0 Å². The minimum absolute atomic E-state index is 0.137. The van der Waals surface area contributed by atoms with E-state index in [2.05, 4.69) is 27.6 Å². The normalized spacial score (nSPS) is 11.0. The lowest BCUT2D eigenvalue weighted by atomic mass is 10.2. The first-order valence-electron chi connectivity index (χ1n) is 11.3. The quantitative estimate of drug-likeness (QED) is 0.208. The number of fused-ring (bicyclic) bond motifs is 1. The summed E-state index contributed by atoms with van der Waals surface area (Å²) in [4.78, 5) is 21.9. The Kier molecular flexibility index (Phi) is 9.77. The van der Waals surface area contributed by atoms with E-state index >= 15 is 0 Å². The zero-order valence-electron chi connectivity index (χ0n) is 19.5. The third-order valence-electron chi connectivity index (χ3n) is 4.69. The molecule has 3 aromatic rings. The Hall–Kier alpha value is -2.85. The van der Waals surface area contributed by atoms with Crippen molar-refractivity contribution in [2.75, 3.05) is 44.0 Å². The number of thioether (sulfide) groups is 1. The standard InChI is InChI=1S/C23H32N6O3S/c1-4-15-33-23-27-20(24-12-14-31-5-2)19-16-26-29(21(19)28-23)13-11-25-22(30)17-7-9-18(10-8-17)32-6-3/h7-10,16H,4-6,11-15H2,1-3H3,(H,25,30)(H,24,27,28). The van der Waals surface area contributed by atoms with Crippen molar-refractivity contribution in [2.24, 2.45) is 0 Å². The third kappa shape index (κ3) is 7.06. The van der Waals surface area contributed by atoms with Crippen LogP contribution < -0.4 is 15.4 Å². The molecule has 178 valence electrons. The fourth-order valence-corrected chi connectivity index (χ4v) is 3.82. The summed E-state index contributed by atoms with van der Waals surface area (Å²) in [5.74, 6) is 2.31. The van der Waals surface area contributed by atoms with Crippen LogP contribution in [0.5, 0.6) is 5.75 Å². The molecular formula is C23H32N6O3S. The van der Waals surface area contributed by atoms with Crippen LogP contribution in [0.15, 0.2) is 35.6 Å². The van der Waals surface area contributed by atoms with Gasteiger partial charge in [0.05, 0.1) is 31.3 Å². The lowest BCUT2D eigenvalue weighted by Crippen LogP contribution is -2.27. The van der Waals surface area contributed by atoms with Gasteiger partial charge in [-0.15, -0.1) is 0 Å². The maximum absolute atomic E-state index is 12.5. The van der Waals surface area contributed by atoms with E-state index in [-0.39, 0.29) is 5.91 Å². The molecule has 2 N–H and O–H groups in total. The molecular weight excluding hydrogens is 440 g/mol. The molecule has 0 saturated heterocycles. The van der Waals surface area contributed by atoms with Gasteiger partial charge >= 0.3 is 0 Å². The second-order valence-corrected chi connectivity index (χ2v) is 8.21. The largest absolute Gasteiger partial charge is 0.494 e. The van der Waals surface area contributed by atoms with Gasteiger partial charge < -0.3 is 20.1 Å². The van der Waals surface area contributed by atoms with Crippen LogP contribution in [0.3, 0.4) is 0 Å². The molecule has 0 fully saturated rings. The van der Waals surface area contributed by atoms with E-state index in [1.54, 1.807) is 46.9 Å². The molecule has 2 aromatic heterocycles. The fraction of sp³-hybridized carbons (Fsp3) is 0.478. The number of benzene rings is 1. The first-order chi connectivity index (χ1) is 16.2. The van der Waals surface area contributed by atoms with Crippen LogP contribution in [0.4, 0.5) is 5.82 Å². The van der Waals surface area contributed by atoms with E-state index in [0.29, 0.717) is 50.2 Å². The molecule has 2 heterocycles. The summed E-state index contributed by atoms with van der Waals surface area (Å²) >= 11 is 1.62. The van der Waals surface area contributed by atoms with Crippen molar-refractivity contribution in [2.45, 2.75) is 38.9 Å². The summed E-state index contributed by atoms with van der Waals surface area (Å²) in [5, 5.41) is 12.3. The monoisotopic (exact) mass is 472 g/mol. The summed E-state index contributed by atoms with van der Waals surface area (Å²) < 4.78 is 12.6. The molecule has 0 aliphatic heterocycles. The van der Waals surface area contributed by atoms with Gasteiger partial charge in [-0.25, -0.2) is 14.6 Å². The number of nitrogens with zero attached hydrogens (tertiary/aromatic N) is 4. The number of nitrogens with one attached hydrogen (secondary N) is 2. The smallest absolute Gasteiger partial charge is 0.251 e. The molecule has 0 bridgehead atoms. The Balaban J connectivity index is 1.67. The van der Waals surface area contributed by atoms with E-state index in [0.717, 1.165) is 34.8 Å². The van der Waals surface area contributed by atoms with Crippen LogP contribution in [0.2, 0.25) is 0 Å². The number of aromatic nitrogens is 4. The van der Waals surface area contributed by atoms with Crippen LogP contribution in [-0.2, 0) is 11.3 Å². The molecule has 0 aliphatic carbocycles. The fourth-order valence-electron chi connectivity index (χ4n) is 3.12. The average Bonchev–Trinajstić information content (AvgIpc) is 3.24.